The van der Waals surface area contributed by atoms with Crippen LogP contribution in [-0.2, 0) is 14.3 Å². The quantitative estimate of drug-likeness (QED) is 0.328. The summed E-state index contributed by atoms with van der Waals surface area (Å²) in [6.45, 7) is 5.42. The van der Waals surface area contributed by atoms with Crippen molar-refractivity contribution in [2.24, 2.45) is 0 Å². The van der Waals surface area contributed by atoms with Gasteiger partial charge in [-0.3, -0.25) is 15.0 Å². The molecule has 2 aromatic carbocycles. The molecule has 0 unspecified atom stereocenters. The Bertz CT molecular complexity index is 1270. The van der Waals surface area contributed by atoms with Gasteiger partial charge in [-0.1, -0.05) is 29.8 Å². The normalized spacial score (nSPS) is 14.8. The second kappa shape index (κ2) is 8.96. The second-order valence-corrected chi connectivity index (χ2v) is 8.21. The number of amides is 2. The fourth-order valence-electron chi connectivity index (χ4n) is 3.24. The number of rotatable bonds is 5. The highest BCUT2D eigenvalue weighted by Crippen LogP contribution is 2.28. The molecule has 2 amide bonds. The maximum atomic E-state index is 12.8. The minimum Gasteiger partial charge on any atom is -0.459 e. The van der Waals surface area contributed by atoms with Crippen molar-refractivity contribution in [3.05, 3.63) is 82.1 Å². The highest BCUT2D eigenvalue weighted by Gasteiger charge is 2.35. The van der Waals surface area contributed by atoms with Gasteiger partial charge in [-0.05, 0) is 68.8 Å². The Morgan fingerprint density at radius 3 is 2.48 bits per heavy atom. The van der Waals surface area contributed by atoms with Crippen LogP contribution in [-0.4, -0.2) is 23.9 Å². The summed E-state index contributed by atoms with van der Waals surface area (Å²) in [5.74, 6) is -0.575. The van der Waals surface area contributed by atoms with Crippen molar-refractivity contribution in [3.8, 4) is 11.3 Å². The predicted molar refractivity (Wildman–Crippen MR) is 124 cm³/mol. The van der Waals surface area contributed by atoms with Crippen LogP contribution in [0.2, 0.25) is 5.02 Å². The summed E-state index contributed by atoms with van der Waals surface area (Å²) in [6.07, 6.45) is 1.19. The molecule has 1 N–H and O–H groups in total. The Balaban J connectivity index is 1.53. The molecular weight excluding hydrogens is 444 g/mol. The molecule has 0 atom stereocenters. The lowest BCUT2D eigenvalue weighted by molar-refractivity contribution is -0.117. The summed E-state index contributed by atoms with van der Waals surface area (Å²) < 4.78 is 11.0. The third kappa shape index (κ3) is 4.68. The number of hydrazine groups is 1. The Morgan fingerprint density at radius 2 is 1.82 bits per heavy atom. The zero-order valence-electron chi connectivity index (χ0n) is 18.2. The Labute approximate surface area is 195 Å². The van der Waals surface area contributed by atoms with E-state index in [4.69, 9.17) is 20.8 Å². The first-order valence-electron chi connectivity index (χ1n) is 10.3. The molecule has 0 radical (unpaired) electrons. The van der Waals surface area contributed by atoms with Gasteiger partial charge in [0, 0.05) is 10.6 Å². The fraction of sp³-hybridized carbons (Fsp3) is 0.160. The molecule has 1 saturated heterocycles. The van der Waals surface area contributed by atoms with Crippen LogP contribution in [0.3, 0.4) is 0 Å². The van der Waals surface area contributed by atoms with Gasteiger partial charge >= 0.3 is 5.97 Å². The number of hydrogen-bond donors (Lipinski definition) is 1. The monoisotopic (exact) mass is 464 g/mol. The van der Waals surface area contributed by atoms with Crippen molar-refractivity contribution in [2.75, 3.05) is 5.01 Å². The number of aryl methyl sites for hydroxylation is 1. The van der Waals surface area contributed by atoms with Crippen molar-refractivity contribution in [2.45, 2.75) is 26.9 Å². The number of hydrogen-bond acceptors (Lipinski definition) is 5. The number of halogens is 1. The van der Waals surface area contributed by atoms with E-state index in [9.17, 15) is 14.4 Å². The Morgan fingerprint density at radius 1 is 1.09 bits per heavy atom. The van der Waals surface area contributed by atoms with Gasteiger partial charge < -0.3 is 9.15 Å². The van der Waals surface area contributed by atoms with Crippen LogP contribution < -0.4 is 10.4 Å². The zero-order valence-corrected chi connectivity index (χ0v) is 19.0. The van der Waals surface area contributed by atoms with E-state index in [0.29, 0.717) is 27.8 Å². The second-order valence-electron chi connectivity index (χ2n) is 7.81. The molecule has 0 spiro atoms. The van der Waals surface area contributed by atoms with Crippen LogP contribution in [0, 0.1) is 6.92 Å². The van der Waals surface area contributed by atoms with Crippen molar-refractivity contribution >= 4 is 41.1 Å². The van der Waals surface area contributed by atoms with E-state index in [1.165, 1.54) is 6.08 Å². The number of carbonyl (C=O) groups is 3. The summed E-state index contributed by atoms with van der Waals surface area (Å²) in [6, 6.07) is 15.3. The highest BCUT2D eigenvalue weighted by molar-refractivity contribution is 6.33. The van der Waals surface area contributed by atoms with Crippen LogP contribution in [0.4, 0.5) is 5.69 Å². The summed E-state index contributed by atoms with van der Waals surface area (Å²) >= 11 is 6.15. The topological polar surface area (TPSA) is 88.8 Å². The molecular formula is C25H21ClN2O5. The lowest BCUT2D eigenvalue weighted by atomic mass is 10.1. The number of anilines is 1. The van der Waals surface area contributed by atoms with Gasteiger partial charge in [0.25, 0.3) is 11.8 Å². The number of nitrogens with zero attached hydrogens (tertiary/aromatic N) is 1. The van der Waals surface area contributed by atoms with E-state index in [1.807, 2.05) is 6.92 Å². The molecule has 0 bridgehead atoms. The van der Waals surface area contributed by atoms with Crippen LogP contribution in [0.25, 0.3) is 17.4 Å². The molecule has 2 heterocycles. The van der Waals surface area contributed by atoms with Crippen LogP contribution >= 0.6 is 11.6 Å². The van der Waals surface area contributed by atoms with E-state index in [0.717, 1.165) is 16.1 Å². The van der Waals surface area contributed by atoms with Gasteiger partial charge in [0.2, 0.25) is 0 Å². The minimum atomic E-state index is -0.539. The molecule has 0 aliphatic carbocycles. The summed E-state index contributed by atoms with van der Waals surface area (Å²) in [7, 11) is 0. The smallest absolute Gasteiger partial charge is 0.338 e. The number of benzene rings is 2. The molecule has 7 nitrogen and oxygen atoms in total. The van der Waals surface area contributed by atoms with Gasteiger partial charge in [-0.2, -0.15) is 0 Å². The standard InChI is InChI=1S/C25H21ClN2O5/c1-14(2)32-25(31)17-7-5-16(6-8-17)22-11-10-19(33-22)13-20-23(29)27-28(24(20)30)18-9-4-15(3)21(26)12-18/h4-14H,1-3H3,(H,27,29). The van der Waals surface area contributed by atoms with E-state index >= 15 is 0 Å². The molecule has 1 aliphatic heterocycles. The SMILES string of the molecule is Cc1ccc(N2NC(=O)C(=Cc3ccc(-c4ccc(C(=O)OC(C)C)cc4)o3)C2=O)cc1Cl. The largest absolute Gasteiger partial charge is 0.459 e. The summed E-state index contributed by atoms with van der Waals surface area (Å²) in [4.78, 5) is 37.2. The van der Waals surface area contributed by atoms with Crippen molar-refractivity contribution in [3.63, 3.8) is 0 Å². The first kappa shape index (κ1) is 22.4. The zero-order chi connectivity index (χ0) is 23.7. The minimum absolute atomic E-state index is 0.0561. The molecule has 1 aromatic heterocycles. The van der Waals surface area contributed by atoms with Gasteiger partial charge in [0.15, 0.2) is 0 Å². The molecule has 168 valence electrons. The molecule has 3 aromatic rings. The molecule has 1 fully saturated rings. The van der Waals surface area contributed by atoms with E-state index < -0.39 is 17.8 Å². The highest BCUT2D eigenvalue weighted by atomic mass is 35.5. The number of ether oxygens (including phenoxy) is 1. The Kier molecular flexibility index (Phi) is 6.07. The van der Waals surface area contributed by atoms with Gasteiger partial charge in [-0.15, -0.1) is 0 Å². The van der Waals surface area contributed by atoms with Crippen molar-refractivity contribution in [1.29, 1.82) is 0 Å². The maximum Gasteiger partial charge on any atom is 0.338 e. The molecule has 1 aliphatic rings. The number of nitrogens with one attached hydrogen (secondary N) is 1. The summed E-state index contributed by atoms with van der Waals surface area (Å²) in [5.41, 5.74) is 4.98. The van der Waals surface area contributed by atoms with Crippen molar-refractivity contribution in [1.82, 2.24) is 5.43 Å². The lowest BCUT2D eigenvalue weighted by Crippen LogP contribution is -2.35. The number of carbonyl (C=O) groups excluding carboxylic acids is 3. The summed E-state index contributed by atoms with van der Waals surface area (Å²) in [5, 5.41) is 1.64. The number of esters is 1. The molecule has 33 heavy (non-hydrogen) atoms. The van der Waals surface area contributed by atoms with Gasteiger partial charge in [0.1, 0.15) is 17.1 Å². The molecule has 0 saturated carbocycles. The lowest BCUT2D eigenvalue weighted by Gasteiger charge is -2.15. The third-order valence-corrected chi connectivity index (χ3v) is 5.37. The fourth-order valence-corrected chi connectivity index (χ4v) is 3.42. The average molecular weight is 465 g/mol. The van der Waals surface area contributed by atoms with E-state index in [-0.39, 0.29) is 11.7 Å². The third-order valence-electron chi connectivity index (χ3n) is 4.97. The van der Waals surface area contributed by atoms with Crippen LogP contribution in [0.1, 0.15) is 35.5 Å². The first-order chi connectivity index (χ1) is 15.7. The van der Waals surface area contributed by atoms with Gasteiger partial charge in [-0.25, -0.2) is 9.80 Å². The average Bonchev–Trinajstić information content (AvgIpc) is 3.36. The molecule has 8 heteroatoms. The van der Waals surface area contributed by atoms with E-state index in [1.54, 1.807) is 68.4 Å². The van der Waals surface area contributed by atoms with Crippen LogP contribution in [0.5, 0.6) is 0 Å². The van der Waals surface area contributed by atoms with E-state index in [2.05, 4.69) is 5.43 Å². The number of furan rings is 1. The maximum absolute atomic E-state index is 12.8. The predicted octanol–water partition coefficient (Wildman–Crippen LogP) is 4.94. The first-order valence-corrected chi connectivity index (χ1v) is 10.7. The van der Waals surface area contributed by atoms with Gasteiger partial charge in [0.05, 0.1) is 17.4 Å². The van der Waals surface area contributed by atoms with Crippen LogP contribution in [0.15, 0.2) is 64.6 Å². The Hall–Kier alpha value is -3.84. The molecule has 4 rings (SSSR count). The van der Waals surface area contributed by atoms with Crippen molar-refractivity contribution < 1.29 is 23.5 Å².